The third-order valence-corrected chi connectivity index (χ3v) is 5.39. The highest BCUT2D eigenvalue weighted by Gasteiger charge is 2.05. The Balaban J connectivity index is 1.75. The lowest BCUT2D eigenvalue weighted by Crippen LogP contribution is -2.09. The molecule has 0 atom stereocenters. The van der Waals surface area contributed by atoms with Crippen molar-refractivity contribution in [2.24, 2.45) is 0 Å². The number of hydrogen-bond acceptors (Lipinski definition) is 8. The maximum Gasteiger partial charge on any atom is 0.264 e. The van der Waals surface area contributed by atoms with Crippen LogP contribution in [0.3, 0.4) is 0 Å². The molecule has 12 heteroatoms. The second-order valence-corrected chi connectivity index (χ2v) is 9.48. The topological polar surface area (TPSA) is 151 Å². The van der Waals surface area contributed by atoms with Crippen molar-refractivity contribution in [3.63, 3.8) is 0 Å². The number of rotatable bonds is 13. The molecular formula is C18H24N2O8S2. The van der Waals surface area contributed by atoms with Crippen LogP contribution in [0.5, 0.6) is 0 Å². The van der Waals surface area contributed by atoms with Gasteiger partial charge in [0.2, 0.25) is 0 Å². The van der Waals surface area contributed by atoms with E-state index in [1.165, 1.54) is 0 Å². The number of anilines is 2. The van der Waals surface area contributed by atoms with Gasteiger partial charge in [0.25, 0.3) is 20.2 Å². The molecule has 10 nitrogen and oxygen atoms in total. The van der Waals surface area contributed by atoms with Crippen LogP contribution in [0.4, 0.5) is 11.4 Å². The Morgan fingerprint density at radius 3 is 1.27 bits per heavy atom. The van der Waals surface area contributed by atoms with E-state index < -0.39 is 20.2 Å². The van der Waals surface area contributed by atoms with Crippen LogP contribution in [0.2, 0.25) is 0 Å². The van der Waals surface area contributed by atoms with E-state index in [0.717, 1.165) is 11.1 Å². The Morgan fingerprint density at radius 2 is 0.967 bits per heavy atom. The van der Waals surface area contributed by atoms with Crippen molar-refractivity contribution in [2.75, 3.05) is 35.7 Å². The van der Waals surface area contributed by atoms with Crippen LogP contribution in [0, 0.1) is 0 Å². The van der Waals surface area contributed by atoms with Crippen LogP contribution in [-0.2, 0) is 29.9 Å². The molecule has 0 aromatic heterocycles. The van der Waals surface area contributed by atoms with Gasteiger partial charge >= 0.3 is 0 Å². The van der Waals surface area contributed by atoms with Crippen molar-refractivity contribution in [1.29, 1.82) is 0 Å². The molecule has 30 heavy (non-hydrogen) atoms. The third kappa shape index (κ3) is 10.0. The van der Waals surface area contributed by atoms with Gasteiger partial charge in [-0.25, -0.2) is 0 Å². The first-order chi connectivity index (χ1) is 14.1. The van der Waals surface area contributed by atoms with Gasteiger partial charge in [-0.2, -0.15) is 16.8 Å². The average Bonchev–Trinajstić information content (AvgIpc) is 2.67. The molecule has 2 rings (SSSR count). The molecule has 166 valence electrons. The Kier molecular flexibility index (Phi) is 9.02. The Labute approximate surface area is 175 Å². The monoisotopic (exact) mass is 460 g/mol. The van der Waals surface area contributed by atoms with Crippen LogP contribution in [-0.4, -0.2) is 50.7 Å². The zero-order valence-corrected chi connectivity index (χ0v) is 17.7. The van der Waals surface area contributed by atoms with E-state index in [2.05, 4.69) is 11.0 Å². The third-order valence-electron chi connectivity index (χ3n) is 3.78. The molecule has 0 saturated heterocycles. The predicted molar refractivity (Wildman–Crippen MR) is 113 cm³/mol. The molecule has 0 unspecified atom stereocenters. The van der Waals surface area contributed by atoms with Gasteiger partial charge in [-0.1, -0.05) is 24.3 Å². The van der Waals surface area contributed by atoms with E-state index in [9.17, 15) is 16.8 Å². The minimum Gasteiger partial charge on any atom is -0.286 e. The van der Waals surface area contributed by atoms with Crippen LogP contribution >= 0.6 is 0 Å². The van der Waals surface area contributed by atoms with Crippen LogP contribution in [0.15, 0.2) is 48.5 Å². The average molecular weight is 461 g/mol. The normalized spacial score (nSPS) is 11.9. The first-order valence-corrected chi connectivity index (χ1v) is 12.2. The quantitative estimate of drug-likeness (QED) is 0.199. The molecule has 0 heterocycles. The van der Waals surface area contributed by atoms with Gasteiger partial charge in [-0.05, 0) is 48.2 Å². The zero-order valence-electron chi connectivity index (χ0n) is 16.0. The Morgan fingerprint density at radius 1 is 0.633 bits per heavy atom. The molecule has 2 aromatic carbocycles. The molecule has 0 bridgehead atoms. The summed E-state index contributed by atoms with van der Waals surface area (Å²) in [4.78, 5) is 10.3. The second kappa shape index (κ2) is 11.2. The van der Waals surface area contributed by atoms with E-state index >= 15 is 0 Å². The minimum absolute atomic E-state index is 0.133. The maximum absolute atomic E-state index is 10.6. The fourth-order valence-electron chi connectivity index (χ4n) is 2.36. The van der Waals surface area contributed by atoms with Crippen molar-refractivity contribution >= 4 is 31.6 Å². The Hall–Kier alpha value is -2.22. The van der Waals surface area contributed by atoms with Crippen molar-refractivity contribution in [1.82, 2.24) is 0 Å². The smallest absolute Gasteiger partial charge is 0.264 e. The molecule has 0 saturated carbocycles. The van der Waals surface area contributed by atoms with Crippen molar-refractivity contribution in [2.45, 2.75) is 12.8 Å². The summed E-state index contributed by atoms with van der Waals surface area (Å²) in [6.07, 6.45) is 0.350. The second-order valence-electron chi connectivity index (χ2n) is 6.33. The highest BCUT2D eigenvalue weighted by molar-refractivity contribution is 7.86. The highest BCUT2D eigenvalue weighted by Crippen LogP contribution is 2.23. The lowest BCUT2D eigenvalue weighted by molar-refractivity contribution is 0.194. The van der Waals surface area contributed by atoms with E-state index in [-0.39, 0.29) is 37.6 Å². The highest BCUT2D eigenvalue weighted by atomic mass is 32.2. The fourth-order valence-corrected chi connectivity index (χ4v) is 3.32. The van der Waals surface area contributed by atoms with Crippen molar-refractivity contribution in [3.8, 4) is 11.1 Å². The molecule has 2 aromatic rings. The fraction of sp³-hybridized carbons (Fsp3) is 0.333. The molecule has 0 radical (unpaired) electrons. The molecule has 0 aliphatic heterocycles. The minimum atomic E-state index is -3.97. The molecule has 0 aliphatic rings. The number of benzene rings is 2. The zero-order chi connectivity index (χ0) is 22.0. The van der Waals surface area contributed by atoms with Gasteiger partial charge in [0.1, 0.15) is 0 Å². The summed E-state index contributed by atoms with van der Waals surface area (Å²) in [5.74, 6) is -0.706. The summed E-state index contributed by atoms with van der Waals surface area (Å²) in [5, 5.41) is 0. The van der Waals surface area contributed by atoms with Crippen LogP contribution < -0.4 is 11.0 Å². The summed E-state index contributed by atoms with van der Waals surface area (Å²) in [7, 11) is -7.95. The van der Waals surface area contributed by atoms with Gasteiger partial charge in [-0.3, -0.25) is 29.7 Å². The van der Waals surface area contributed by atoms with Crippen LogP contribution in [0.1, 0.15) is 12.8 Å². The van der Waals surface area contributed by atoms with Gasteiger partial charge in [0, 0.05) is 0 Å². The molecule has 0 fully saturated rings. The summed E-state index contributed by atoms with van der Waals surface area (Å²) in [6.45, 7) is 0.266. The van der Waals surface area contributed by atoms with E-state index in [1.807, 2.05) is 48.5 Å². The Bertz CT molecular complexity index is 908. The molecule has 0 spiro atoms. The molecular weight excluding hydrogens is 436 g/mol. The lowest BCUT2D eigenvalue weighted by atomic mass is 10.1. The standard InChI is InChI=1S/C18H24N2O8S2/c21-29(22,23)13-1-11-27-19-17-7-3-15(4-8-17)16-5-9-18(10-6-16)20-28-12-2-14-30(24,25)26/h3-10,19-20H,1-2,11-14H2,(H,21,22,23)(H,24,25,26). The number of nitrogens with one attached hydrogen (secondary N) is 2. The van der Waals surface area contributed by atoms with Crippen molar-refractivity contribution < 1.29 is 35.6 Å². The van der Waals surface area contributed by atoms with Gasteiger partial charge < -0.3 is 0 Å². The maximum atomic E-state index is 10.6. The van der Waals surface area contributed by atoms with Gasteiger partial charge in [0.15, 0.2) is 0 Å². The number of hydrogen-bond donors (Lipinski definition) is 4. The molecule has 0 amide bonds. The predicted octanol–water partition coefficient (Wildman–Crippen LogP) is 2.60. The molecule has 4 N–H and O–H groups in total. The SMILES string of the molecule is O=S(=O)(O)CCCONc1ccc(-c2ccc(NOCCCS(=O)(=O)O)cc2)cc1. The van der Waals surface area contributed by atoms with E-state index in [1.54, 1.807) is 0 Å². The van der Waals surface area contributed by atoms with Gasteiger partial charge in [0.05, 0.1) is 36.1 Å². The summed E-state index contributed by atoms with van der Waals surface area (Å²) < 4.78 is 59.7. The summed E-state index contributed by atoms with van der Waals surface area (Å²) in [5.41, 5.74) is 8.73. The molecule has 0 aliphatic carbocycles. The summed E-state index contributed by atoms with van der Waals surface area (Å²) >= 11 is 0. The van der Waals surface area contributed by atoms with Gasteiger partial charge in [-0.15, -0.1) is 0 Å². The first kappa shape index (κ1) is 24.1. The van der Waals surface area contributed by atoms with Crippen LogP contribution in [0.25, 0.3) is 11.1 Å². The lowest BCUT2D eigenvalue weighted by Gasteiger charge is -2.09. The van der Waals surface area contributed by atoms with E-state index in [0.29, 0.717) is 11.4 Å². The summed E-state index contributed by atoms with van der Waals surface area (Å²) in [6, 6.07) is 14.8. The van der Waals surface area contributed by atoms with Crippen molar-refractivity contribution in [3.05, 3.63) is 48.5 Å². The van der Waals surface area contributed by atoms with E-state index in [4.69, 9.17) is 18.8 Å². The largest absolute Gasteiger partial charge is 0.286 e. The first-order valence-electron chi connectivity index (χ1n) is 8.99.